The van der Waals surface area contributed by atoms with E-state index in [4.69, 9.17) is 0 Å². The first kappa shape index (κ1) is 24.7. The Morgan fingerprint density at radius 3 is 2.21 bits per heavy atom. The van der Waals surface area contributed by atoms with Crippen molar-refractivity contribution in [3.63, 3.8) is 0 Å². The van der Waals surface area contributed by atoms with Crippen molar-refractivity contribution in [1.82, 2.24) is 9.62 Å². The van der Waals surface area contributed by atoms with Crippen molar-refractivity contribution in [2.45, 2.75) is 23.6 Å². The minimum absolute atomic E-state index is 0.0329. The number of hydrogen-bond donors (Lipinski definition) is 1. The number of thiophene rings is 1. The van der Waals surface area contributed by atoms with Crippen LogP contribution in [0.1, 0.15) is 23.4 Å². The standard InChI is InChI=1S/C26H34N4O2S2/c1-4-24-14-15-26(33-24)34(31,32)27-20-25(21-10-12-22(13-11-21)28(2)3)30-18-16-29(17-19-30)23-8-6-5-7-9-23/h5-15,25,27H,4,16-20H2,1-3H3/t25-/m1/s1. The molecule has 0 unspecified atom stereocenters. The lowest BCUT2D eigenvalue weighted by Gasteiger charge is -2.40. The molecule has 1 saturated heterocycles. The lowest BCUT2D eigenvalue weighted by molar-refractivity contribution is 0.187. The van der Waals surface area contributed by atoms with Gasteiger partial charge in [-0.15, -0.1) is 11.3 Å². The van der Waals surface area contributed by atoms with Gasteiger partial charge < -0.3 is 9.80 Å². The maximum atomic E-state index is 13.0. The predicted octanol–water partition coefficient (Wildman–Crippen LogP) is 4.22. The van der Waals surface area contributed by atoms with Gasteiger partial charge in [0.2, 0.25) is 10.0 Å². The molecular formula is C26H34N4O2S2. The number of sulfonamides is 1. The molecule has 2 aromatic carbocycles. The molecule has 0 aliphatic carbocycles. The van der Waals surface area contributed by atoms with Crippen LogP contribution in [-0.4, -0.2) is 60.1 Å². The SMILES string of the molecule is CCc1ccc(S(=O)(=O)NC[C@H](c2ccc(N(C)C)cc2)N2CCN(c3ccccc3)CC2)s1. The average Bonchev–Trinajstić information content (AvgIpc) is 3.36. The summed E-state index contributed by atoms with van der Waals surface area (Å²) < 4.78 is 29.3. The van der Waals surface area contributed by atoms with E-state index in [9.17, 15) is 8.42 Å². The van der Waals surface area contributed by atoms with Gasteiger partial charge in [0.15, 0.2) is 0 Å². The van der Waals surface area contributed by atoms with Gasteiger partial charge in [0.05, 0.1) is 0 Å². The van der Waals surface area contributed by atoms with Gasteiger partial charge >= 0.3 is 0 Å². The van der Waals surface area contributed by atoms with Gasteiger partial charge in [-0.3, -0.25) is 4.90 Å². The van der Waals surface area contributed by atoms with E-state index in [1.54, 1.807) is 6.07 Å². The van der Waals surface area contributed by atoms with E-state index in [-0.39, 0.29) is 6.04 Å². The van der Waals surface area contributed by atoms with Crippen molar-refractivity contribution in [2.75, 3.05) is 56.6 Å². The van der Waals surface area contributed by atoms with Crippen LogP contribution in [0.3, 0.4) is 0 Å². The Labute approximate surface area is 207 Å². The third-order valence-corrected chi connectivity index (χ3v) is 9.53. The second kappa shape index (κ2) is 10.9. The quantitative estimate of drug-likeness (QED) is 0.479. The van der Waals surface area contributed by atoms with E-state index in [0.717, 1.165) is 48.7 Å². The second-order valence-corrected chi connectivity index (χ2v) is 11.9. The van der Waals surface area contributed by atoms with Crippen molar-refractivity contribution in [1.29, 1.82) is 0 Å². The molecule has 1 atom stereocenters. The Kier molecular flexibility index (Phi) is 7.93. The van der Waals surface area contributed by atoms with Gasteiger partial charge in [0.1, 0.15) is 4.21 Å². The Balaban J connectivity index is 1.51. The zero-order valence-electron chi connectivity index (χ0n) is 20.1. The second-order valence-electron chi connectivity index (χ2n) is 8.79. The number of aryl methyl sites for hydroxylation is 1. The fourth-order valence-corrected chi connectivity index (χ4v) is 6.71. The van der Waals surface area contributed by atoms with Gasteiger partial charge in [-0.1, -0.05) is 37.3 Å². The fourth-order valence-electron chi connectivity index (χ4n) is 4.34. The lowest BCUT2D eigenvalue weighted by Crippen LogP contribution is -2.49. The molecule has 4 rings (SSSR count). The number of benzene rings is 2. The summed E-state index contributed by atoms with van der Waals surface area (Å²) >= 11 is 1.35. The molecule has 8 heteroatoms. The summed E-state index contributed by atoms with van der Waals surface area (Å²) in [5.74, 6) is 0. The molecule has 34 heavy (non-hydrogen) atoms. The summed E-state index contributed by atoms with van der Waals surface area (Å²) in [6.45, 7) is 5.94. The molecule has 0 spiro atoms. The first-order valence-electron chi connectivity index (χ1n) is 11.8. The third-order valence-electron chi connectivity index (χ3n) is 6.39. The van der Waals surface area contributed by atoms with E-state index >= 15 is 0 Å². The van der Waals surface area contributed by atoms with Gasteiger partial charge in [-0.05, 0) is 48.4 Å². The van der Waals surface area contributed by atoms with Crippen LogP contribution in [0.4, 0.5) is 11.4 Å². The zero-order valence-corrected chi connectivity index (χ0v) is 21.8. The van der Waals surface area contributed by atoms with Crippen LogP contribution in [0.25, 0.3) is 0 Å². The largest absolute Gasteiger partial charge is 0.378 e. The lowest BCUT2D eigenvalue weighted by atomic mass is 10.0. The topological polar surface area (TPSA) is 55.9 Å². The smallest absolute Gasteiger partial charge is 0.250 e. The van der Waals surface area contributed by atoms with Gasteiger partial charge in [-0.2, -0.15) is 0 Å². The summed E-state index contributed by atoms with van der Waals surface area (Å²) in [5.41, 5.74) is 3.49. The highest BCUT2D eigenvalue weighted by atomic mass is 32.2. The van der Waals surface area contributed by atoms with E-state index in [1.807, 2.05) is 33.2 Å². The molecule has 0 bridgehead atoms. The molecule has 0 amide bonds. The van der Waals surface area contributed by atoms with Crippen LogP contribution < -0.4 is 14.5 Å². The van der Waals surface area contributed by atoms with Crippen LogP contribution >= 0.6 is 11.3 Å². The molecule has 6 nitrogen and oxygen atoms in total. The number of nitrogens with one attached hydrogen (secondary N) is 1. The highest BCUT2D eigenvalue weighted by Crippen LogP contribution is 2.27. The number of anilines is 2. The number of hydrogen-bond acceptors (Lipinski definition) is 6. The highest BCUT2D eigenvalue weighted by molar-refractivity contribution is 7.91. The first-order chi connectivity index (χ1) is 16.4. The van der Waals surface area contributed by atoms with Crippen molar-refractivity contribution in [3.8, 4) is 0 Å². The van der Waals surface area contributed by atoms with Crippen molar-refractivity contribution >= 4 is 32.7 Å². The van der Waals surface area contributed by atoms with E-state index < -0.39 is 10.0 Å². The summed E-state index contributed by atoms with van der Waals surface area (Å²) in [5, 5.41) is 0. The van der Waals surface area contributed by atoms with Gasteiger partial charge in [-0.25, -0.2) is 13.1 Å². The molecule has 182 valence electrons. The summed E-state index contributed by atoms with van der Waals surface area (Å²) in [6.07, 6.45) is 0.840. The molecule has 0 radical (unpaired) electrons. The molecule has 3 aromatic rings. The van der Waals surface area contributed by atoms with Crippen LogP contribution in [-0.2, 0) is 16.4 Å². The Hall–Kier alpha value is -2.39. The molecule has 1 aliphatic heterocycles. The van der Waals surface area contributed by atoms with Crippen LogP contribution in [0.5, 0.6) is 0 Å². The summed E-state index contributed by atoms with van der Waals surface area (Å²) in [6, 6.07) is 22.5. The summed E-state index contributed by atoms with van der Waals surface area (Å²) in [4.78, 5) is 7.94. The Bertz CT molecular complexity index is 1150. The maximum Gasteiger partial charge on any atom is 0.250 e. The Morgan fingerprint density at radius 2 is 1.62 bits per heavy atom. The first-order valence-corrected chi connectivity index (χ1v) is 14.1. The number of para-hydroxylation sites is 1. The molecule has 1 N–H and O–H groups in total. The van der Waals surface area contributed by atoms with Gasteiger partial charge in [0, 0.05) is 69.1 Å². The molecule has 1 fully saturated rings. The van der Waals surface area contributed by atoms with E-state index in [0.29, 0.717) is 10.8 Å². The normalized spacial score (nSPS) is 15.9. The molecule has 2 heterocycles. The fraction of sp³-hybridized carbons (Fsp3) is 0.385. The number of piperazine rings is 1. The average molecular weight is 499 g/mol. The molecule has 0 saturated carbocycles. The third kappa shape index (κ3) is 5.81. The maximum absolute atomic E-state index is 13.0. The molecular weight excluding hydrogens is 464 g/mol. The number of rotatable bonds is 9. The highest BCUT2D eigenvalue weighted by Gasteiger charge is 2.27. The minimum atomic E-state index is -3.54. The molecule has 1 aliphatic rings. The Morgan fingerprint density at radius 1 is 0.941 bits per heavy atom. The van der Waals surface area contributed by atoms with Crippen LogP contribution in [0.15, 0.2) is 70.9 Å². The van der Waals surface area contributed by atoms with E-state index in [1.165, 1.54) is 17.0 Å². The predicted molar refractivity (Wildman–Crippen MR) is 143 cm³/mol. The minimum Gasteiger partial charge on any atom is -0.378 e. The van der Waals surface area contributed by atoms with Crippen molar-refractivity contribution < 1.29 is 8.42 Å². The van der Waals surface area contributed by atoms with Crippen LogP contribution in [0.2, 0.25) is 0 Å². The van der Waals surface area contributed by atoms with Crippen molar-refractivity contribution in [2.24, 2.45) is 0 Å². The zero-order chi connectivity index (χ0) is 24.1. The number of nitrogens with zero attached hydrogens (tertiary/aromatic N) is 3. The monoisotopic (exact) mass is 498 g/mol. The van der Waals surface area contributed by atoms with Gasteiger partial charge in [0.25, 0.3) is 0 Å². The summed E-state index contributed by atoms with van der Waals surface area (Å²) in [7, 11) is 0.502. The van der Waals surface area contributed by atoms with Crippen LogP contribution in [0, 0.1) is 0 Å². The van der Waals surface area contributed by atoms with E-state index in [2.05, 4.69) is 68.0 Å². The van der Waals surface area contributed by atoms with Crippen molar-refractivity contribution in [3.05, 3.63) is 77.2 Å². The molecule has 1 aromatic heterocycles.